The Morgan fingerprint density at radius 2 is 1.43 bits per heavy atom. The third-order valence-corrected chi connectivity index (χ3v) is 4.95. The summed E-state index contributed by atoms with van der Waals surface area (Å²) < 4.78 is 26.6. The lowest BCUT2D eigenvalue weighted by Gasteiger charge is -2.08. The molecule has 0 radical (unpaired) electrons. The van der Waals surface area contributed by atoms with Crippen LogP contribution in [-0.2, 0) is 0 Å². The first-order valence-corrected chi connectivity index (χ1v) is 9.63. The van der Waals surface area contributed by atoms with Crippen LogP contribution in [0.4, 0.5) is 8.78 Å². The van der Waals surface area contributed by atoms with E-state index in [1.807, 2.05) is 0 Å². The van der Waals surface area contributed by atoms with Gasteiger partial charge in [-0.05, 0) is 38.1 Å². The Balaban J connectivity index is 0.000000171. The second-order valence-corrected chi connectivity index (χ2v) is 7.27. The third-order valence-electron chi connectivity index (χ3n) is 4.36. The van der Waals surface area contributed by atoms with Gasteiger partial charge in [0.1, 0.15) is 33.0 Å². The summed E-state index contributed by atoms with van der Waals surface area (Å²) in [4.78, 5) is 19.0. The van der Waals surface area contributed by atoms with Gasteiger partial charge >= 0.3 is 0 Å². The van der Waals surface area contributed by atoms with E-state index in [4.69, 9.17) is 23.2 Å². The number of Topliss-reactive ketones (excluding diaryl/α,β-unsaturated/α-hetero) is 1. The number of fused-ring (bicyclic) bond motifs is 2. The Morgan fingerprint density at radius 1 is 0.933 bits per heavy atom. The average molecular weight is 449 g/mol. The Labute approximate surface area is 181 Å². The van der Waals surface area contributed by atoms with E-state index in [1.54, 1.807) is 43.3 Å². The lowest BCUT2D eigenvalue weighted by Crippen LogP contribution is -1.97. The van der Waals surface area contributed by atoms with Gasteiger partial charge in [-0.25, -0.2) is 18.7 Å². The molecule has 0 aliphatic heterocycles. The molecule has 8 heteroatoms. The molecule has 0 aliphatic carbocycles. The van der Waals surface area contributed by atoms with Gasteiger partial charge in [-0.1, -0.05) is 47.5 Å². The van der Waals surface area contributed by atoms with Gasteiger partial charge in [0.15, 0.2) is 5.78 Å². The Kier molecular flexibility index (Phi) is 6.61. The van der Waals surface area contributed by atoms with E-state index in [1.165, 1.54) is 19.1 Å². The fourth-order valence-corrected chi connectivity index (χ4v) is 3.41. The molecule has 4 aromatic rings. The molecule has 0 fully saturated rings. The van der Waals surface area contributed by atoms with Crippen molar-refractivity contribution in [3.8, 4) is 0 Å². The van der Waals surface area contributed by atoms with E-state index in [9.17, 15) is 18.7 Å². The molecule has 0 amide bonds. The number of carbonyl (C=O) groups is 1. The van der Waals surface area contributed by atoms with Gasteiger partial charge in [0.05, 0.1) is 11.7 Å². The number of para-hydroxylation sites is 2. The minimum Gasteiger partial charge on any atom is -0.389 e. The predicted molar refractivity (Wildman–Crippen MR) is 114 cm³/mol. The van der Waals surface area contributed by atoms with E-state index in [-0.39, 0.29) is 27.1 Å². The van der Waals surface area contributed by atoms with Crippen molar-refractivity contribution in [2.75, 3.05) is 0 Å². The maximum Gasteiger partial charge on any atom is 0.162 e. The topological polar surface area (TPSA) is 63.1 Å². The van der Waals surface area contributed by atoms with Crippen LogP contribution in [0.2, 0.25) is 10.3 Å². The van der Waals surface area contributed by atoms with Crippen molar-refractivity contribution in [1.29, 1.82) is 0 Å². The zero-order valence-corrected chi connectivity index (χ0v) is 17.5. The summed E-state index contributed by atoms with van der Waals surface area (Å²) in [7, 11) is 0. The fourth-order valence-electron chi connectivity index (χ4n) is 2.84. The summed E-state index contributed by atoms with van der Waals surface area (Å²) in [6, 6.07) is 12.4. The number of nitrogens with zero attached hydrogens (tertiary/aromatic N) is 2. The average Bonchev–Trinajstić information content (AvgIpc) is 2.69. The van der Waals surface area contributed by atoms with Crippen LogP contribution in [0, 0.1) is 11.6 Å². The molecule has 30 heavy (non-hydrogen) atoms. The number of halogens is 4. The molecular formula is C22H16Cl2F2N2O2. The molecule has 0 spiro atoms. The fraction of sp³-hybridized carbons (Fsp3) is 0.136. The van der Waals surface area contributed by atoms with Crippen molar-refractivity contribution in [3.63, 3.8) is 0 Å². The number of hydrogen-bond acceptors (Lipinski definition) is 4. The maximum atomic E-state index is 13.3. The summed E-state index contributed by atoms with van der Waals surface area (Å²) in [6.07, 6.45) is -0.710. The van der Waals surface area contributed by atoms with Gasteiger partial charge in [-0.15, -0.1) is 0 Å². The molecule has 1 atom stereocenters. The quantitative estimate of drug-likeness (QED) is 0.288. The van der Waals surface area contributed by atoms with Crippen LogP contribution >= 0.6 is 23.2 Å². The molecular weight excluding hydrogens is 433 g/mol. The molecule has 154 valence electrons. The summed E-state index contributed by atoms with van der Waals surface area (Å²) >= 11 is 11.6. The molecule has 0 saturated heterocycles. The Hall–Kier alpha value is -2.67. The molecule has 2 aromatic carbocycles. The first kappa shape index (κ1) is 22.0. The van der Waals surface area contributed by atoms with Crippen molar-refractivity contribution in [2.24, 2.45) is 0 Å². The number of aliphatic hydroxyl groups excluding tert-OH is 1. The van der Waals surface area contributed by atoms with Crippen LogP contribution in [0.15, 0.2) is 48.5 Å². The predicted octanol–water partition coefficient (Wildman–Crippen LogP) is 6.31. The van der Waals surface area contributed by atoms with Crippen LogP contribution in [0.3, 0.4) is 0 Å². The highest BCUT2D eigenvalue weighted by molar-refractivity contribution is 6.33. The van der Waals surface area contributed by atoms with Crippen molar-refractivity contribution < 1.29 is 18.7 Å². The SMILES string of the molecule is CC(=O)c1cc2cccc(F)c2nc1Cl.CC(O)c1cc2cccc(F)c2nc1Cl. The molecule has 1 unspecified atom stereocenters. The van der Waals surface area contributed by atoms with E-state index in [2.05, 4.69) is 9.97 Å². The molecule has 2 aromatic heterocycles. The highest BCUT2D eigenvalue weighted by Crippen LogP contribution is 2.26. The van der Waals surface area contributed by atoms with Gasteiger partial charge in [0.25, 0.3) is 0 Å². The van der Waals surface area contributed by atoms with Gasteiger partial charge in [-0.3, -0.25) is 4.79 Å². The summed E-state index contributed by atoms with van der Waals surface area (Å²) in [5, 5.41) is 10.8. The summed E-state index contributed by atoms with van der Waals surface area (Å²) in [6.45, 7) is 2.99. The molecule has 4 rings (SSSR count). The second-order valence-electron chi connectivity index (χ2n) is 6.55. The minimum atomic E-state index is -0.710. The molecule has 0 saturated carbocycles. The number of hydrogen-bond donors (Lipinski definition) is 1. The highest BCUT2D eigenvalue weighted by atomic mass is 35.5. The van der Waals surface area contributed by atoms with Crippen molar-refractivity contribution in [3.05, 3.63) is 81.6 Å². The van der Waals surface area contributed by atoms with Crippen LogP contribution in [0.25, 0.3) is 21.8 Å². The third kappa shape index (κ3) is 4.56. The number of rotatable bonds is 2. The summed E-state index contributed by atoms with van der Waals surface area (Å²) in [5.41, 5.74) is 1.24. The van der Waals surface area contributed by atoms with Crippen LogP contribution in [-0.4, -0.2) is 20.9 Å². The number of carbonyl (C=O) groups excluding carboxylic acids is 1. The van der Waals surface area contributed by atoms with Crippen molar-refractivity contribution in [2.45, 2.75) is 20.0 Å². The second kappa shape index (κ2) is 9.00. The number of benzene rings is 2. The first-order valence-electron chi connectivity index (χ1n) is 8.87. The molecule has 0 bridgehead atoms. The lowest BCUT2D eigenvalue weighted by atomic mass is 10.1. The largest absolute Gasteiger partial charge is 0.389 e. The molecule has 0 aliphatic rings. The lowest BCUT2D eigenvalue weighted by molar-refractivity contribution is 0.101. The standard InChI is InChI=1S/C11H9ClFNO.C11H7ClFNO/c2*1-6(15)8-5-7-3-2-4-9(13)10(7)14-11(8)12/h2-6,15H,1H3;2-5H,1H3. The van der Waals surface area contributed by atoms with Crippen LogP contribution in [0.5, 0.6) is 0 Å². The maximum absolute atomic E-state index is 13.3. The van der Waals surface area contributed by atoms with Crippen LogP contribution < -0.4 is 0 Å². The number of pyridine rings is 2. The van der Waals surface area contributed by atoms with Crippen molar-refractivity contribution >= 4 is 50.8 Å². The zero-order chi connectivity index (χ0) is 22.0. The van der Waals surface area contributed by atoms with Gasteiger partial charge < -0.3 is 5.11 Å². The van der Waals surface area contributed by atoms with Gasteiger partial charge in [0.2, 0.25) is 0 Å². The normalized spacial score (nSPS) is 11.8. The molecule has 2 heterocycles. The molecule has 4 nitrogen and oxygen atoms in total. The Morgan fingerprint density at radius 3 is 1.93 bits per heavy atom. The Bertz CT molecular complexity index is 1260. The number of aliphatic hydroxyl groups is 1. The molecule has 1 N–H and O–H groups in total. The van der Waals surface area contributed by atoms with Gasteiger partial charge in [-0.2, -0.15) is 0 Å². The number of ketones is 1. The smallest absolute Gasteiger partial charge is 0.162 e. The van der Waals surface area contributed by atoms with Crippen molar-refractivity contribution in [1.82, 2.24) is 9.97 Å². The summed E-state index contributed by atoms with van der Waals surface area (Å²) in [5.74, 6) is -1.03. The number of aromatic nitrogens is 2. The van der Waals surface area contributed by atoms with E-state index in [0.717, 1.165) is 0 Å². The van der Waals surface area contributed by atoms with E-state index < -0.39 is 17.7 Å². The van der Waals surface area contributed by atoms with E-state index >= 15 is 0 Å². The minimum absolute atomic E-state index is 0.0418. The van der Waals surface area contributed by atoms with Gasteiger partial charge in [0, 0.05) is 16.3 Å². The zero-order valence-electron chi connectivity index (χ0n) is 16.0. The van der Waals surface area contributed by atoms with E-state index in [0.29, 0.717) is 21.9 Å². The van der Waals surface area contributed by atoms with Crippen LogP contribution in [0.1, 0.15) is 35.9 Å². The highest BCUT2D eigenvalue weighted by Gasteiger charge is 2.12. The first-order chi connectivity index (χ1) is 14.2. The monoisotopic (exact) mass is 448 g/mol.